The molecule has 94 valence electrons. The number of nitrogens with one attached hydrogen (secondary N) is 1. The maximum Gasteiger partial charge on any atom is 0.268 e. The van der Waals surface area contributed by atoms with E-state index in [2.05, 4.69) is 24.3 Å². The Hall–Kier alpha value is -1.32. The molecule has 0 aromatic carbocycles. The van der Waals surface area contributed by atoms with Gasteiger partial charge in [0, 0.05) is 19.2 Å². The van der Waals surface area contributed by atoms with Crippen LogP contribution in [0.25, 0.3) is 0 Å². The number of hydrogen-bond acceptors (Lipinski definition) is 3. The number of hydrogen-bond donors (Lipinski definition) is 1. The Labute approximate surface area is 102 Å². The van der Waals surface area contributed by atoms with Gasteiger partial charge in [-0.3, -0.25) is 4.79 Å². The van der Waals surface area contributed by atoms with Gasteiger partial charge < -0.3 is 5.32 Å². The molecule has 0 aliphatic carbocycles. The van der Waals surface area contributed by atoms with Crippen molar-refractivity contribution in [3.8, 4) is 0 Å². The lowest BCUT2D eigenvalue weighted by Crippen LogP contribution is -2.29. The first kappa shape index (κ1) is 12.1. The zero-order chi connectivity index (χ0) is 12.3. The van der Waals surface area contributed by atoms with Crippen LogP contribution in [0.15, 0.2) is 10.9 Å². The molecule has 17 heavy (non-hydrogen) atoms. The monoisotopic (exact) mass is 235 g/mol. The molecule has 1 aromatic heterocycles. The summed E-state index contributed by atoms with van der Waals surface area (Å²) in [6.45, 7) is 6.03. The molecular weight excluding hydrogens is 214 g/mol. The third kappa shape index (κ3) is 2.68. The van der Waals surface area contributed by atoms with E-state index in [4.69, 9.17) is 0 Å². The lowest BCUT2D eigenvalue weighted by Gasteiger charge is -2.19. The van der Waals surface area contributed by atoms with Crippen molar-refractivity contribution in [2.24, 2.45) is 5.92 Å². The topological polar surface area (TPSA) is 46.9 Å². The Kier molecular flexibility index (Phi) is 3.82. The van der Waals surface area contributed by atoms with Crippen LogP contribution in [-0.4, -0.2) is 16.3 Å². The third-order valence-electron chi connectivity index (χ3n) is 3.57. The highest BCUT2D eigenvalue weighted by molar-refractivity contribution is 5.48. The molecule has 1 aromatic rings. The molecule has 1 N–H and O–H groups in total. The van der Waals surface area contributed by atoms with Gasteiger partial charge in [-0.1, -0.05) is 26.7 Å². The van der Waals surface area contributed by atoms with Crippen molar-refractivity contribution in [3.05, 3.63) is 22.1 Å². The molecule has 0 saturated carbocycles. The highest BCUT2D eigenvalue weighted by Gasteiger charge is 2.14. The number of rotatable bonds is 4. The Morgan fingerprint density at radius 2 is 2.24 bits per heavy atom. The van der Waals surface area contributed by atoms with Gasteiger partial charge in [-0.05, 0) is 18.8 Å². The van der Waals surface area contributed by atoms with Crippen molar-refractivity contribution in [1.82, 2.24) is 9.78 Å². The quantitative estimate of drug-likeness (QED) is 0.868. The summed E-state index contributed by atoms with van der Waals surface area (Å²) in [7, 11) is 0. The number of aromatic nitrogens is 2. The molecule has 0 unspecified atom stereocenters. The molecule has 1 aliphatic rings. The predicted octanol–water partition coefficient (Wildman–Crippen LogP) is 2.04. The van der Waals surface area contributed by atoms with E-state index in [9.17, 15) is 4.79 Å². The number of anilines is 1. The first-order valence-electron chi connectivity index (χ1n) is 6.59. The second-order valence-electron chi connectivity index (χ2n) is 4.74. The first-order chi connectivity index (χ1) is 8.24. The summed E-state index contributed by atoms with van der Waals surface area (Å²) in [5, 5.41) is 7.73. The van der Waals surface area contributed by atoms with Gasteiger partial charge in [-0.15, -0.1) is 0 Å². The average Bonchev–Trinajstić information content (AvgIpc) is 2.36. The minimum absolute atomic E-state index is 0.0186. The minimum atomic E-state index is 0.0186. The van der Waals surface area contributed by atoms with Gasteiger partial charge in [0.25, 0.3) is 5.56 Å². The maximum absolute atomic E-state index is 11.9. The van der Waals surface area contributed by atoms with Crippen LogP contribution in [0.3, 0.4) is 0 Å². The fraction of sp³-hybridized carbons (Fsp3) is 0.692. The van der Waals surface area contributed by atoms with Crippen LogP contribution in [0, 0.1) is 5.92 Å². The highest BCUT2D eigenvalue weighted by atomic mass is 16.1. The third-order valence-corrected chi connectivity index (χ3v) is 3.57. The summed E-state index contributed by atoms with van der Waals surface area (Å²) >= 11 is 0. The number of nitrogens with zero attached hydrogens (tertiary/aromatic N) is 2. The number of fused-ring (bicyclic) bond motifs is 1. The molecule has 2 heterocycles. The zero-order valence-corrected chi connectivity index (χ0v) is 10.7. The molecule has 4 nitrogen and oxygen atoms in total. The summed E-state index contributed by atoms with van der Waals surface area (Å²) in [6, 6.07) is 1.70. The molecule has 0 saturated heterocycles. The molecule has 0 atom stereocenters. The molecular formula is C13H21N3O. The molecule has 0 spiro atoms. The normalized spacial score (nSPS) is 14.5. The standard InChI is InChI=1S/C13H21N3O/c1-3-10(4-2)9-16-13(17)8-12-11(15-16)6-5-7-14-12/h8,10,14H,3-7,9H2,1-2H3. The van der Waals surface area contributed by atoms with Gasteiger partial charge in [0.15, 0.2) is 0 Å². The molecule has 0 bridgehead atoms. The van der Waals surface area contributed by atoms with Gasteiger partial charge >= 0.3 is 0 Å². The van der Waals surface area contributed by atoms with Gasteiger partial charge in [0.2, 0.25) is 0 Å². The van der Waals surface area contributed by atoms with E-state index in [0.717, 1.165) is 50.2 Å². The second-order valence-corrected chi connectivity index (χ2v) is 4.74. The van der Waals surface area contributed by atoms with Crippen molar-refractivity contribution >= 4 is 5.69 Å². The van der Waals surface area contributed by atoms with E-state index < -0.39 is 0 Å². The van der Waals surface area contributed by atoms with Gasteiger partial charge in [0.1, 0.15) is 0 Å². The molecule has 2 rings (SSSR count). The van der Waals surface area contributed by atoms with Crippen molar-refractivity contribution < 1.29 is 0 Å². The van der Waals surface area contributed by atoms with E-state index in [0.29, 0.717) is 5.92 Å². The summed E-state index contributed by atoms with van der Waals surface area (Å²) in [6.07, 6.45) is 4.27. The minimum Gasteiger partial charge on any atom is -0.383 e. The molecule has 4 heteroatoms. The van der Waals surface area contributed by atoms with Gasteiger partial charge in [-0.2, -0.15) is 5.10 Å². The van der Waals surface area contributed by atoms with Crippen molar-refractivity contribution in [2.75, 3.05) is 11.9 Å². The van der Waals surface area contributed by atoms with Gasteiger partial charge in [-0.25, -0.2) is 4.68 Å². The Morgan fingerprint density at radius 3 is 2.94 bits per heavy atom. The van der Waals surface area contributed by atoms with E-state index >= 15 is 0 Å². The fourth-order valence-corrected chi connectivity index (χ4v) is 2.27. The van der Waals surface area contributed by atoms with E-state index in [-0.39, 0.29) is 5.56 Å². The lowest BCUT2D eigenvalue weighted by molar-refractivity contribution is 0.381. The molecule has 0 fully saturated rings. The average molecular weight is 235 g/mol. The number of aryl methyl sites for hydroxylation is 1. The summed E-state index contributed by atoms with van der Waals surface area (Å²) in [5.41, 5.74) is 1.99. The summed E-state index contributed by atoms with van der Waals surface area (Å²) in [5.74, 6) is 0.551. The second kappa shape index (κ2) is 5.34. The maximum atomic E-state index is 11.9. The van der Waals surface area contributed by atoms with Crippen LogP contribution < -0.4 is 10.9 Å². The van der Waals surface area contributed by atoms with Crippen LogP contribution in [0.5, 0.6) is 0 Å². The molecule has 0 radical (unpaired) electrons. The largest absolute Gasteiger partial charge is 0.383 e. The van der Waals surface area contributed by atoms with Crippen molar-refractivity contribution in [2.45, 2.75) is 46.1 Å². The van der Waals surface area contributed by atoms with Crippen LogP contribution in [0.2, 0.25) is 0 Å². The van der Waals surface area contributed by atoms with Crippen LogP contribution in [-0.2, 0) is 13.0 Å². The SMILES string of the molecule is CCC(CC)Cn1nc2c(cc1=O)NCCC2. The highest BCUT2D eigenvalue weighted by Crippen LogP contribution is 2.17. The Morgan fingerprint density at radius 1 is 1.47 bits per heavy atom. The summed E-state index contributed by atoms with van der Waals surface area (Å²) < 4.78 is 1.64. The van der Waals surface area contributed by atoms with Crippen LogP contribution in [0.1, 0.15) is 38.8 Å². The zero-order valence-electron chi connectivity index (χ0n) is 10.7. The molecule has 1 aliphatic heterocycles. The predicted molar refractivity (Wildman–Crippen MR) is 69.4 cm³/mol. The Bertz CT molecular complexity index is 435. The van der Waals surface area contributed by atoms with E-state index in [1.54, 1.807) is 10.7 Å². The first-order valence-corrected chi connectivity index (χ1v) is 6.59. The van der Waals surface area contributed by atoms with E-state index in [1.807, 2.05) is 0 Å². The van der Waals surface area contributed by atoms with E-state index in [1.165, 1.54) is 0 Å². The molecule has 0 amide bonds. The smallest absolute Gasteiger partial charge is 0.268 e. The van der Waals surface area contributed by atoms with Crippen molar-refractivity contribution in [3.63, 3.8) is 0 Å². The fourth-order valence-electron chi connectivity index (χ4n) is 2.27. The van der Waals surface area contributed by atoms with Crippen LogP contribution in [0.4, 0.5) is 5.69 Å². The van der Waals surface area contributed by atoms with Crippen molar-refractivity contribution in [1.29, 1.82) is 0 Å². The van der Waals surface area contributed by atoms with Gasteiger partial charge in [0.05, 0.1) is 11.4 Å². The van der Waals surface area contributed by atoms with Crippen LogP contribution >= 0.6 is 0 Å². The lowest BCUT2D eigenvalue weighted by atomic mass is 10.0. The Balaban J connectivity index is 2.25. The summed E-state index contributed by atoms with van der Waals surface area (Å²) in [4.78, 5) is 11.9.